The third kappa shape index (κ3) is 2.67. The minimum Gasteiger partial charge on any atom is -0.481 e. The van der Waals surface area contributed by atoms with E-state index in [4.69, 9.17) is 10.2 Å². The van der Waals surface area contributed by atoms with Gasteiger partial charge in [-0.05, 0) is 30.4 Å². The zero-order chi connectivity index (χ0) is 14.9. The molecule has 0 saturated carbocycles. The van der Waals surface area contributed by atoms with Gasteiger partial charge in [0, 0.05) is 13.1 Å². The van der Waals surface area contributed by atoms with Crippen LogP contribution in [0.2, 0.25) is 0 Å². The summed E-state index contributed by atoms with van der Waals surface area (Å²) in [5.41, 5.74) is 0.854. The molecule has 108 valence electrons. The molecule has 0 radical (unpaired) electrons. The van der Waals surface area contributed by atoms with Gasteiger partial charge in [-0.2, -0.15) is 0 Å². The topological polar surface area (TPSA) is 94.9 Å². The van der Waals surface area contributed by atoms with Crippen LogP contribution in [0.1, 0.15) is 21.7 Å². The quantitative estimate of drug-likeness (QED) is 0.877. The molecule has 6 nitrogen and oxygen atoms in total. The third-order valence-electron chi connectivity index (χ3n) is 3.59. The van der Waals surface area contributed by atoms with Gasteiger partial charge in [0.1, 0.15) is 0 Å². The zero-order valence-electron chi connectivity index (χ0n) is 10.9. The van der Waals surface area contributed by atoms with Crippen molar-refractivity contribution in [2.45, 2.75) is 13.3 Å². The Morgan fingerprint density at radius 1 is 1.25 bits per heavy atom. The normalized spacial score (nSPS) is 22.6. The number of carboxylic acid groups (broad SMARTS) is 2. The lowest BCUT2D eigenvalue weighted by Crippen LogP contribution is -2.48. The fraction of sp³-hybridized carbons (Fsp3) is 0.462. The summed E-state index contributed by atoms with van der Waals surface area (Å²) < 4.78 is 0. The van der Waals surface area contributed by atoms with Crippen molar-refractivity contribution in [3.8, 4) is 0 Å². The average Bonchev–Trinajstić information content (AvgIpc) is 2.83. The van der Waals surface area contributed by atoms with Crippen LogP contribution in [-0.2, 0) is 9.59 Å². The van der Waals surface area contributed by atoms with Crippen molar-refractivity contribution in [3.63, 3.8) is 0 Å². The fourth-order valence-electron chi connectivity index (χ4n) is 2.42. The number of hydrogen-bond acceptors (Lipinski definition) is 4. The van der Waals surface area contributed by atoms with E-state index >= 15 is 0 Å². The molecule has 2 heterocycles. The van der Waals surface area contributed by atoms with Gasteiger partial charge in [-0.1, -0.05) is 0 Å². The van der Waals surface area contributed by atoms with E-state index in [0.717, 1.165) is 5.56 Å². The predicted molar refractivity (Wildman–Crippen MR) is 71.8 cm³/mol. The first kappa shape index (κ1) is 14.5. The lowest BCUT2D eigenvalue weighted by molar-refractivity contribution is -0.156. The van der Waals surface area contributed by atoms with Crippen molar-refractivity contribution in [1.82, 2.24) is 4.90 Å². The summed E-state index contributed by atoms with van der Waals surface area (Å²) in [5.74, 6) is -4.48. The number of carboxylic acids is 2. The Balaban J connectivity index is 2.17. The Morgan fingerprint density at radius 3 is 2.40 bits per heavy atom. The molecular formula is C13H15NO5S. The minimum absolute atomic E-state index is 0.0531. The molecule has 0 aromatic carbocycles. The second-order valence-corrected chi connectivity index (χ2v) is 5.78. The van der Waals surface area contributed by atoms with Gasteiger partial charge >= 0.3 is 11.9 Å². The molecule has 0 spiro atoms. The van der Waals surface area contributed by atoms with Gasteiger partial charge in [0.05, 0.1) is 16.7 Å². The Bertz CT molecular complexity index is 553. The molecule has 2 unspecified atom stereocenters. The van der Waals surface area contributed by atoms with E-state index in [9.17, 15) is 14.4 Å². The number of amides is 1. The Labute approximate surface area is 119 Å². The van der Waals surface area contributed by atoms with Crippen molar-refractivity contribution in [3.05, 3.63) is 21.9 Å². The Hall–Kier alpha value is -1.89. The Morgan fingerprint density at radius 2 is 1.90 bits per heavy atom. The van der Waals surface area contributed by atoms with E-state index in [0.29, 0.717) is 4.88 Å². The summed E-state index contributed by atoms with van der Waals surface area (Å²) in [7, 11) is 0. The lowest BCUT2D eigenvalue weighted by Gasteiger charge is -2.34. The van der Waals surface area contributed by atoms with Crippen molar-refractivity contribution in [2.75, 3.05) is 13.1 Å². The monoisotopic (exact) mass is 297 g/mol. The van der Waals surface area contributed by atoms with Crippen LogP contribution >= 0.6 is 11.3 Å². The van der Waals surface area contributed by atoms with Crippen molar-refractivity contribution in [1.29, 1.82) is 0 Å². The summed E-state index contributed by atoms with van der Waals surface area (Å²) in [4.78, 5) is 36.6. The summed E-state index contributed by atoms with van der Waals surface area (Å²) >= 11 is 1.31. The average molecular weight is 297 g/mol. The molecule has 1 saturated heterocycles. The number of likely N-dealkylation sites (tertiary alicyclic amines) is 1. The van der Waals surface area contributed by atoms with E-state index in [-0.39, 0.29) is 25.4 Å². The number of hydrogen-bond donors (Lipinski definition) is 2. The largest absolute Gasteiger partial charge is 0.481 e. The van der Waals surface area contributed by atoms with Crippen LogP contribution in [0.25, 0.3) is 0 Å². The van der Waals surface area contributed by atoms with Crippen LogP contribution in [0.15, 0.2) is 11.4 Å². The van der Waals surface area contributed by atoms with Gasteiger partial charge in [-0.3, -0.25) is 14.4 Å². The molecule has 2 N–H and O–H groups in total. The van der Waals surface area contributed by atoms with Gasteiger partial charge in [-0.25, -0.2) is 0 Å². The third-order valence-corrected chi connectivity index (χ3v) is 4.60. The maximum Gasteiger partial charge on any atom is 0.309 e. The highest BCUT2D eigenvalue weighted by molar-refractivity contribution is 7.12. The van der Waals surface area contributed by atoms with Crippen LogP contribution in [0.4, 0.5) is 0 Å². The molecular weight excluding hydrogens is 282 g/mol. The van der Waals surface area contributed by atoms with Crippen molar-refractivity contribution in [2.24, 2.45) is 11.8 Å². The van der Waals surface area contributed by atoms with Gasteiger partial charge in [0.25, 0.3) is 5.91 Å². The number of thiophene rings is 1. The minimum atomic E-state index is -1.17. The number of aliphatic carboxylic acids is 2. The zero-order valence-corrected chi connectivity index (χ0v) is 11.7. The highest BCUT2D eigenvalue weighted by Crippen LogP contribution is 2.27. The molecule has 1 aromatic rings. The number of rotatable bonds is 3. The number of carbonyl (C=O) groups is 3. The molecule has 1 amide bonds. The molecule has 7 heteroatoms. The number of carbonyl (C=O) groups excluding carboxylic acids is 1. The molecule has 0 bridgehead atoms. The van der Waals surface area contributed by atoms with Crippen LogP contribution in [0.3, 0.4) is 0 Å². The first-order valence-electron chi connectivity index (χ1n) is 6.20. The molecule has 1 aliphatic heterocycles. The number of nitrogens with zero attached hydrogens (tertiary/aromatic N) is 1. The van der Waals surface area contributed by atoms with Crippen molar-refractivity contribution < 1.29 is 24.6 Å². The summed E-state index contributed by atoms with van der Waals surface area (Å²) in [6, 6.07) is 1.83. The molecule has 1 aliphatic rings. The van der Waals surface area contributed by atoms with E-state index in [1.807, 2.05) is 13.0 Å². The van der Waals surface area contributed by atoms with E-state index in [2.05, 4.69) is 0 Å². The summed E-state index contributed by atoms with van der Waals surface area (Å²) in [5, 5.41) is 20.0. The van der Waals surface area contributed by atoms with Crippen molar-refractivity contribution >= 4 is 29.2 Å². The van der Waals surface area contributed by atoms with Crippen LogP contribution in [-0.4, -0.2) is 46.0 Å². The maximum atomic E-state index is 12.3. The second kappa shape index (κ2) is 5.62. The standard InChI is InChI=1S/C13H15NO5S/c1-7-3-5-20-10(7)11(15)14-4-2-8(12(16)17)9(6-14)13(18)19/h3,5,8-9H,2,4,6H2,1H3,(H,16,17)(H,18,19). The van der Waals surface area contributed by atoms with Gasteiger partial charge in [0.2, 0.25) is 0 Å². The molecule has 2 atom stereocenters. The molecule has 0 aliphatic carbocycles. The van der Waals surface area contributed by atoms with Crippen LogP contribution in [0.5, 0.6) is 0 Å². The maximum absolute atomic E-state index is 12.3. The fourth-order valence-corrected chi connectivity index (χ4v) is 3.31. The SMILES string of the molecule is Cc1ccsc1C(=O)N1CCC(C(=O)O)C(C(=O)O)C1. The highest BCUT2D eigenvalue weighted by atomic mass is 32.1. The van der Waals surface area contributed by atoms with E-state index in [1.54, 1.807) is 5.38 Å². The second-order valence-electron chi connectivity index (χ2n) is 4.86. The summed E-state index contributed by atoms with van der Waals surface area (Å²) in [6.07, 6.45) is 0.169. The van der Waals surface area contributed by atoms with E-state index in [1.165, 1.54) is 16.2 Å². The highest BCUT2D eigenvalue weighted by Gasteiger charge is 2.40. The molecule has 1 aromatic heterocycles. The smallest absolute Gasteiger partial charge is 0.309 e. The molecule has 2 rings (SSSR count). The van der Waals surface area contributed by atoms with Gasteiger partial charge < -0.3 is 15.1 Å². The Kier molecular flexibility index (Phi) is 4.08. The molecule has 1 fully saturated rings. The van der Waals surface area contributed by atoms with E-state index < -0.39 is 23.8 Å². The number of aryl methyl sites for hydroxylation is 1. The van der Waals surface area contributed by atoms with Crippen LogP contribution in [0, 0.1) is 18.8 Å². The first-order valence-corrected chi connectivity index (χ1v) is 7.08. The lowest BCUT2D eigenvalue weighted by atomic mass is 9.85. The molecule has 20 heavy (non-hydrogen) atoms. The van der Waals surface area contributed by atoms with Gasteiger partial charge in [-0.15, -0.1) is 11.3 Å². The first-order chi connectivity index (χ1) is 9.41. The van der Waals surface area contributed by atoms with Crippen LogP contribution < -0.4 is 0 Å². The summed E-state index contributed by atoms with van der Waals surface area (Å²) in [6.45, 7) is 2.04. The van der Waals surface area contributed by atoms with Gasteiger partial charge in [0.15, 0.2) is 0 Å². The predicted octanol–water partition coefficient (Wildman–Crippen LogP) is 1.30. The number of piperidine rings is 1.